The summed E-state index contributed by atoms with van der Waals surface area (Å²) in [4.78, 5) is 35.6. The fourth-order valence-corrected chi connectivity index (χ4v) is 3.25. The molecule has 10 nitrogen and oxygen atoms in total. The topological polar surface area (TPSA) is 116 Å². The number of hydrogen-bond acceptors (Lipinski definition) is 8. The number of ether oxygens (including phenoxy) is 1. The van der Waals surface area contributed by atoms with Crippen molar-refractivity contribution in [3.8, 4) is 0 Å². The molecule has 1 aliphatic heterocycles. The maximum atomic E-state index is 12.6. The van der Waals surface area contributed by atoms with E-state index in [1.807, 2.05) is 11.8 Å². The number of nitrogens with zero attached hydrogens (tertiary/aromatic N) is 5. The summed E-state index contributed by atoms with van der Waals surface area (Å²) < 4.78 is 30.8. The van der Waals surface area contributed by atoms with E-state index >= 15 is 0 Å². The van der Waals surface area contributed by atoms with Crippen molar-refractivity contribution >= 4 is 17.5 Å². The number of carbonyl (C=O) groups is 1. The van der Waals surface area contributed by atoms with Crippen molar-refractivity contribution < 1.29 is 18.3 Å². The van der Waals surface area contributed by atoms with E-state index in [1.54, 1.807) is 18.0 Å². The van der Waals surface area contributed by atoms with Gasteiger partial charge in [0.15, 0.2) is 0 Å². The summed E-state index contributed by atoms with van der Waals surface area (Å²) >= 11 is 0. The number of rotatable bonds is 9. The fraction of sp³-hybridized carbons (Fsp3) is 0.550. The molecular formula is C20H27F2N7O3. The molecule has 3 rings (SSSR count). The lowest BCUT2D eigenvalue weighted by Gasteiger charge is -2.34. The second-order valence-corrected chi connectivity index (χ2v) is 7.59. The first-order valence-electron chi connectivity index (χ1n) is 10.4. The second-order valence-electron chi connectivity index (χ2n) is 7.59. The van der Waals surface area contributed by atoms with Crippen LogP contribution in [-0.2, 0) is 9.53 Å². The number of amides is 1. The van der Waals surface area contributed by atoms with Crippen LogP contribution in [-0.4, -0.2) is 76.4 Å². The molecule has 2 N–H and O–H groups in total. The van der Waals surface area contributed by atoms with Gasteiger partial charge in [0.05, 0.1) is 37.1 Å². The van der Waals surface area contributed by atoms with Gasteiger partial charge in [0.25, 0.3) is 12.0 Å². The number of alkyl halides is 2. The number of aromatic amines is 1. The van der Waals surface area contributed by atoms with Crippen LogP contribution in [0.4, 0.5) is 20.4 Å². The third-order valence-corrected chi connectivity index (χ3v) is 5.16. The lowest BCUT2D eigenvalue weighted by molar-refractivity contribution is -0.132. The van der Waals surface area contributed by atoms with Gasteiger partial charge in [0.2, 0.25) is 11.9 Å². The zero-order valence-corrected chi connectivity index (χ0v) is 18.1. The van der Waals surface area contributed by atoms with E-state index in [2.05, 4.69) is 25.5 Å². The molecular weight excluding hydrogens is 424 g/mol. The van der Waals surface area contributed by atoms with Gasteiger partial charge in [-0.3, -0.25) is 9.59 Å². The Kier molecular flexibility index (Phi) is 8.03. The van der Waals surface area contributed by atoms with Crippen LogP contribution in [0.5, 0.6) is 0 Å². The van der Waals surface area contributed by atoms with Gasteiger partial charge in [-0.1, -0.05) is 0 Å². The van der Waals surface area contributed by atoms with Crippen molar-refractivity contribution in [3.05, 3.63) is 40.1 Å². The molecule has 1 amide bonds. The summed E-state index contributed by atoms with van der Waals surface area (Å²) in [5.41, 5.74) is 0.741. The van der Waals surface area contributed by atoms with Crippen molar-refractivity contribution in [1.82, 2.24) is 25.1 Å². The number of piperazine rings is 1. The van der Waals surface area contributed by atoms with Crippen molar-refractivity contribution in [2.24, 2.45) is 0 Å². The van der Waals surface area contributed by atoms with Crippen LogP contribution in [0.25, 0.3) is 0 Å². The molecule has 0 bridgehead atoms. The first-order valence-corrected chi connectivity index (χ1v) is 10.4. The van der Waals surface area contributed by atoms with E-state index in [-0.39, 0.29) is 36.1 Å². The lowest BCUT2D eigenvalue weighted by Crippen LogP contribution is -2.49. The third kappa shape index (κ3) is 6.19. The Labute approximate surface area is 184 Å². The summed E-state index contributed by atoms with van der Waals surface area (Å²) in [5, 5.41) is 9.31. The standard InChI is InChI=1S/C20H27F2N7O3/c1-13(26-16-11-25-27-19(31)14(16)2)12-32-8-3-17(30)28-4-6-29(7-5-28)20-23-9-15(10-24-20)18(21)22/h9-11,13,18H,3-8,12H2,1-2H3,(H2,26,27,31)/t13-/m0/s1. The zero-order chi connectivity index (χ0) is 23.1. The molecule has 32 heavy (non-hydrogen) atoms. The SMILES string of the molecule is Cc1c(N[C@@H](C)COCCC(=O)N2CCN(c3ncc(C(F)F)cn3)CC2)cn[nH]c1=O. The van der Waals surface area contributed by atoms with Crippen molar-refractivity contribution in [2.45, 2.75) is 32.7 Å². The molecule has 174 valence electrons. The number of nitrogens with one attached hydrogen (secondary N) is 2. The van der Waals surface area contributed by atoms with E-state index in [9.17, 15) is 18.4 Å². The Morgan fingerprint density at radius 2 is 1.91 bits per heavy atom. The molecule has 2 aromatic rings. The van der Waals surface area contributed by atoms with Crippen LogP contribution >= 0.6 is 0 Å². The molecule has 1 fully saturated rings. The maximum absolute atomic E-state index is 12.6. The van der Waals surface area contributed by atoms with Crippen molar-refractivity contribution in [2.75, 3.05) is 49.6 Å². The maximum Gasteiger partial charge on any atom is 0.269 e. The monoisotopic (exact) mass is 451 g/mol. The van der Waals surface area contributed by atoms with E-state index in [0.29, 0.717) is 50.0 Å². The Hall–Kier alpha value is -3.15. The van der Waals surface area contributed by atoms with Gasteiger partial charge in [0.1, 0.15) is 0 Å². The molecule has 0 unspecified atom stereocenters. The molecule has 0 radical (unpaired) electrons. The molecule has 3 heterocycles. The number of H-pyrrole nitrogens is 1. The van der Waals surface area contributed by atoms with E-state index in [1.165, 1.54) is 0 Å². The molecule has 12 heteroatoms. The number of carbonyl (C=O) groups excluding carboxylic acids is 1. The Morgan fingerprint density at radius 3 is 2.56 bits per heavy atom. The molecule has 1 atom stereocenters. The van der Waals surface area contributed by atoms with Crippen LogP contribution in [0.2, 0.25) is 0 Å². The van der Waals surface area contributed by atoms with E-state index in [0.717, 1.165) is 12.4 Å². The minimum atomic E-state index is -2.59. The molecule has 2 aromatic heterocycles. The molecule has 0 saturated carbocycles. The highest BCUT2D eigenvalue weighted by molar-refractivity contribution is 5.76. The van der Waals surface area contributed by atoms with Gasteiger partial charge in [-0.15, -0.1) is 0 Å². The fourth-order valence-electron chi connectivity index (χ4n) is 3.25. The number of hydrogen-bond donors (Lipinski definition) is 2. The van der Waals surface area contributed by atoms with Gasteiger partial charge in [-0.2, -0.15) is 5.10 Å². The van der Waals surface area contributed by atoms with Crippen LogP contribution in [0.1, 0.15) is 30.9 Å². The smallest absolute Gasteiger partial charge is 0.269 e. The van der Waals surface area contributed by atoms with Crippen molar-refractivity contribution in [3.63, 3.8) is 0 Å². The van der Waals surface area contributed by atoms with Crippen LogP contribution < -0.4 is 15.8 Å². The van der Waals surface area contributed by atoms with Crippen LogP contribution in [0.3, 0.4) is 0 Å². The lowest BCUT2D eigenvalue weighted by atomic mass is 10.2. The summed E-state index contributed by atoms with van der Waals surface area (Å²) in [5.74, 6) is 0.381. The number of aromatic nitrogens is 4. The highest BCUT2D eigenvalue weighted by Gasteiger charge is 2.22. The second kappa shape index (κ2) is 10.9. The first kappa shape index (κ1) is 23.5. The highest BCUT2D eigenvalue weighted by Crippen LogP contribution is 2.18. The molecule has 1 saturated heterocycles. The van der Waals surface area contributed by atoms with Gasteiger partial charge < -0.3 is 19.9 Å². The normalized spacial score (nSPS) is 15.2. The van der Waals surface area contributed by atoms with Gasteiger partial charge in [0, 0.05) is 50.2 Å². The van der Waals surface area contributed by atoms with Gasteiger partial charge >= 0.3 is 0 Å². The average molecular weight is 451 g/mol. The summed E-state index contributed by atoms with van der Waals surface area (Å²) in [6.07, 6.45) is 1.48. The van der Waals surface area contributed by atoms with E-state index < -0.39 is 6.43 Å². The summed E-state index contributed by atoms with van der Waals surface area (Å²) in [6, 6.07) is -0.0626. The third-order valence-electron chi connectivity index (χ3n) is 5.16. The quantitative estimate of drug-likeness (QED) is 0.549. The zero-order valence-electron chi connectivity index (χ0n) is 18.1. The van der Waals surface area contributed by atoms with Crippen LogP contribution in [0.15, 0.2) is 23.4 Å². The molecule has 1 aliphatic rings. The van der Waals surface area contributed by atoms with Crippen molar-refractivity contribution in [1.29, 1.82) is 0 Å². The predicted octanol–water partition coefficient (Wildman–Crippen LogP) is 1.36. The highest BCUT2D eigenvalue weighted by atomic mass is 19.3. The van der Waals surface area contributed by atoms with Gasteiger partial charge in [-0.25, -0.2) is 23.8 Å². The molecule has 0 spiro atoms. The molecule has 0 aliphatic carbocycles. The Balaban J connectivity index is 1.35. The molecule has 0 aromatic carbocycles. The Bertz CT molecular complexity index is 947. The minimum absolute atomic E-state index is 0.00568. The largest absolute Gasteiger partial charge is 0.379 e. The van der Waals surface area contributed by atoms with E-state index in [4.69, 9.17) is 4.74 Å². The number of anilines is 2. The average Bonchev–Trinajstić information content (AvgIpc) is 2.80. The van der Waals surface area contributed by atoms with Crippen LogP contribution in [0, 0.1) is 6.92 Å². The minimum Gasteiger partial charge on any atom is -0.379 e. The number of halogens is 2. The predicted molar refractivity (Wildman–Crippen MR) is 114 cm³/mol. The van der Waals surface area contributed by atoms with Gasteiger partial charge in [-0.05, 0) is 13.8 Å². The first-order chi connectivity index (χ1) is 15.3. The summed E-state index contributed by atoms with van der Waals surface area (Å²) in [7, 11) is 0. The Morgan fingerprint density at radius 1 is 1.22 bits per heavy atom. The summed E-state index contributed by atoms with van der Waals surface area (Å²) in [6.45, 7) is 6.36.